The van der Waals surface area contributed by atoms with Crippen molar-refractivity contribution < 1.29 is 0 Å². The van der Waals surface area contributed by atoms with Crippen molar-refractivity contribution in [2.45, 2.75) is 41.5 Å². The Bertz CT molecular complexity index is 200. The van der Waals surface area contributed by atoms with Crippen molar-refractivity contribution in [3.05, 3.63) is 11.9 Å². The standard InChI is InChI=1S/C11H21N/c1-10(2,3)8-12-7-9(12)11(4,5)6/h7H,8H2,1-6H3. The molecule has 0 aliphatic carbocycles. The Morgan fingerprint density at radius 1 is 1.08 bits per heavy atom. The van der Waals surface area contributed by atoms with Gasteiger partial charge < -0.3 is 4.90 Å². The second-order valence-electron chi connectivity index (χ2n) is 5.95. The first-order valence-electron chi connectivity index (χ1n) is 4.69. The Morgan fingerprint density at radius 3 is 1.83 bits per heavy atom. The summed E-state index contributed by atoms with van der Waals surface area (Å²) in [5.41, 5.74) is 2.24. The summed E-state index contributed by atoms with van der Waals surface area (Å²) in [4.78, 5) is 2.38. The zero-order chi connectivity index (χ0) is 9.57. The van der Waals surface area contributed by atoms with Gasteiger partial charge in [-0.05, 0) is 5.41 Å². The summed E-state index contributed by atoms with van der Waals surface area (Å²) >= 11 is 0. The first-order chi connectivity index (χ1) is 5.20. The third-order valence-electron chi connectivity index (χ3n) is 1.93. The summed E-state index contributed by atoms with van der Waals surface area (Å²) in [5.74, 6) is 0. The fourth-order valence-corrected chi connectivity index (χ4v) is 1.39. The van der Waals surface area contributed by atoms with Crippen molar-refractivity contribution >= 4 is 0 Å². The highest BCUT2D eigenvalue weighted by molar-refractivity contribution is 5.25. The Hall–Kier alpha value is -0.460. The van der Waals surface area contributed by atoms with Crippen LogP contribution in [0.5, 0.6) is 0 Å². The predicted octanol–water partition coefficient (Wildman–Crippen LogP) is 3.24. The molecule has 0 saturated heterocycles. The van der Waals surface area contributed by atoms with E-state index in [0.29, 0.717) is 10.8 Å². The minimum atomic E-state index is 0.339. The monoisotopic (exact) mass is 167 g/mol. The van der Waals surface area contributed by atoms with E-state index in [1.807, 2.05) is 0 Å². The smallest absolute Gasteiger partial charge is 0.0393 e. The SMILES string of the molecule is CC(C)(C)CN1C=C1C(C)(C)C. The highest BCUT2D eigenvalue weighted by atomic mass is 15.2. The molecule has 1 aliphatic heterocycles. The predicted molar refractivity (Wildman–Crippen MR) is 53.7 cm³/mol. The van der Waals surface area contributed by atoms with Gasteiger partial charge in [0.2, 0.25) is 0 Å². The Balaban J connectivity index is 2.38. The number of allylic oxidation sites excluding steroid dienone is 1. The fourth-order valence-electron chi connectivity index (χ4n) is 1.39. The highest BCUT2D eigenvalue weighted by Gasteiger charge is 2.33. The van der Waals surface area contributed by atoms with E-state index in [-0.39, 0.29) is 0 Å². The molecule has 0 aromatic rings. The van der Waals surface area contributed by atoms with Crippen LogP contribution in [0.25, 0.3) is 0 Å². The molecule has 0 atom stereocenters. The van der Waals surface area contributed by atoms with Crippen LogP contribution in [-0.4, -0.2) is 11.4 Å². The summed E-state index contributed by atoms with van der Waals surface area (Å²) in [5, 5.41) is 0. The van der Waals surface area contributed by atoms with Gasteiger partial charge in [0.15, 0.2) is 0 Å². The van der Waals surface area contributed by atoms with E-state index in [9.17, 15) is 0 Å². The quantitative estimate of drug-likeness (QED) is 0.579. The molecule has 1 heterocycles. The summed E-state index contributed by atoms with van der Waals surface area (Å²) in [6.07, 6.45) is 2.27. The van der Waals surface area contributed by atoms with E-state index in [2.05, 4.69) is 52.6 Å². The van der Waals surface area contributed by atoms with Crippen LogP contribution in [0.1, 0.15) is 41.5 Å². The maximum atomic E-state index is 2.38. The van der Waals surface area contributed by atoms with E-state index >= 15 is 0 Å². The molecule has 0 aromatic heterocycles. The van der Waals surface area contributed by atoms with Crippen molar-refractivity contribution in [1.29, 1.82) is 0 Å². The Labute approximate surface area is 76.5 Å². The van der Waals surface area contributed by atoms with E-state index in [0.717, 1.165) is 6.54 Å². The van der Waals surface area contributed by atoms with Crippen LogP contribution in [0, 0.1) is 10.8 Å². The number of hydrogen-bond donors (Lipinski definition) is 0. The lowest BCUT2D eigenvalue weighted by molar-refractivity contribution is 0.305. The number of hydrogen-bond acceptors (Lipinski definition) is 1. The zero-order valence-corrected chi connectivity index (χ0v) is 9.23. The molecule has 12 heavy (non-hydrogen) atoms. The van der Waals surface area contributed by atoms with Crippen molar-refractivity contribution in [2.24, 2.45) is 10.8 Å². The first kappa shape index (κ1) is 9.63. The van der Waals surface area contributed by atoms with E-state index in [4.69, 9.17) is 0 Å². The maximum absolute atomic E-state index is 2.38. The summed E-state index contributed by atoms with van der Waals surface area (Å²) in [7, 11) is 0. The second-order valence-corrected chi connectivity index (χ2v) is 5.95. The normalized spacial score (nSPS) is 17.8. The Kier molecular flexibility index (Phi) is 2.02. The minimum Gasteiger partial charge on any atom is -0.347 e. The lowest BCUT2D eigenvalue weighted by atomic mass is 9.93. The molecule has 1 aliphatic rings. The van der Waals surface area contributed by atoms with Gasteiger partial charge in [0.25, 0.3) is 0 Å². The van der Waals surface area contributed by atoms with Gasteiger partial charge in [-0.15, -0.1) is 0 Å². The molecule has 0 bridgehead atoms. The van der Waals surface area contributed by atoms with Gasteiger partial charge in [0.05, 0.1) is 0 Å². The molecular formula is C11H21N. The van der Waals surface area contributed by atoms with Crippen LogP contribution in [0.4, 0.5) is 0 Å². The highest BCUT2D eigenvalue weighted by Crippen LogP contribution is 2.39. The molecule has 0 unspecified atom stereocenters. The average molecular weight is 167 g/mol. The average Bonchev–Trinajstić information content (AvgIpc) is 2.37. The van der Waals surface area contributed by atoms with Crippen LogP contribution < -0.4 is 0 Å². The molecule has 0 N–H and O–H groups in total. The van der Waals surface area contributed by atoms with Crippen LogP contribution in [0.15, 0.2) is 11.9 Å². The van der Waals surface area contributed by atoms with E-state index in [1.165, 1.54) is 5.70 Å². The van der Waals surface area contributed by atoms with E-state index in [1.54, 1.807) is 0 Å². The topological polar surface area (TPSA) is 3.01 Å². The van der Waals surface area contributed by atoms with Crippen LogP contribution in [-0.2, 0) is 0 Å². The van der Waals surface area contributed by atoms with Gasteiger partial charge in [-0.25, -0.2) is 0 Å². The second kappa shape index (κ2) is 2.51. The summed E-state index contributed by atoms with van der Waals surface area (Å²) in [6.45, 7) is 14.8. The van der Waals surface area contributed by atoms with Crippen molar-refractivity contribution in [3.63, 3.8) is 0 Å². The van der Waals surface area contributed by atoms with Crippen molar-refractivity contribution in [1.82, 2.24) is 4.90 Å². The molecule has 0 radical (unpaired) electrons. The molecule has 1 heteroatoms. The Morgan fingerprint density at radius 2 is 1.58 bits per heavy atom. The number of nitrogens with zero attached hydrogens (tertiary/aromatic N) is 1. The van der Waals surface area contributed by atoms with Gasteiger partial charge in [-0.2, -0.15) is 0 Å². The third kappa shape index (κ3) is 2.54. The van der Waals surface area contributed by atoms with E-state index < -0.39 is 0 Å². The lowest BCUT2D eigenvalue weighted by Crippen LogP contribution is -2.22. The lowest BCUT2D eigenvalue weighted by Gasteiger charge is -2.24. The molecule has 1 rings (SSSR count). The van der Waals surface area contributed by atoms with Gasteiger partial charge in [-0.3, -0.25) is 0 Å². The first-order valence-corrected chi connectivity index (χ1v) is 4.69. The molecule has 0 fully saturated rings. The fraction of sp³-hybridized carbons (Fsp3) is 0.818. The third-order valence-corrected chi connectivity index (χ3v) is 1.93. The summed E-state index contributed by atoms with van der Waals surface area (Å²) < 4.78 is 0. The molecule has 1 nitrogen and oxygen atoms in total. The number of rotatable bonds is 1. The maximum Gasteiger partial charge on any atom is 0.0393 e. The van der Waals surface area contributed by atoms with Crippen molar-refractivity contribution in [2.75, 3.05) is 6.54 Å². The molecule has 70 valence electrons. The molecule has 0 aromatic carbocycles. The molecule has 0 saturated carbocycles. The molecule has 0 amide bonds. The molecular weight excluding hydrogens is 146 g/mol. The van der Waals surface area contributed by atoms with Gasteiger partial charge >= 0.3 is 0 Å². The van der Waals surface area contributed by atoms with Crippen LogP contribution >= 0.6 is 0 Å². The summed E-state index contributed by atoms with van der Waals surface area (Å²) in [6, 6.07) is 0. The van der Waals surface area contributed by atoms with Crippen LogP contribution in [0.2, 0.25) is 0 Å². The van der Waals surface area contributed by atoms with Gasteiger partial charge in [0, 0.05) is 23.9 Å². The van der Waals surface area contributed by atoms with Crippen LogP contribution in [0.3, 0.4) is 0 Å². The van der Waals surface area contributed by atoms with Gasteiger partial charge in [0.1, 0.15) is 0 Å². The van der Waals surface area contributed by atoms with Gasteiger partial charge in [-0.1, -0.05) is 41.5 Å². The largest absolute Gasteiger partial charge is 0.347 e. The minimum absolute atomic E-state index is 0.339. The zero-order valence-electron chi connectivity index (χ0n) is 9.23. The molecule has 0 spiro atoms. The van der Waals surface area contributed by atoms with Crippen molar-refractivity contribution in [3.8, 4) is 0 Å².